The van der Waals surface area contributed by atoms with E-state index < -0.39 is 0 Å². The maximum absolute atomic E-state index is 12.7. The number of aromatic nitrogens is 2. The molecule has 1 aliphatic rings. The van der Waals surface area contributed by atoms with Gasteiger partial charge in [-0.05, 0) is 30.9 Å². The number of rotatable bonds is 3. The van der Waals surface area contributed by atoms with Crippen molar-refractivity contribution in [2.45, 2.75) is 19.8 Å². The first-order valence-corrected chi connectivity index (χ1v) is 8.05. The number of benzene rings is 1. The van der Waals surface area contributed by atoms with Gasteiger partial charge in [0.1, 0.15) is 17.8 Å². The van der Waals surface area contributed by atoms with Crippen molar-refractivity contribution in [3.63, 3.8) is 0 Å². The van der Waals surface area contributed by atoms with Gasteiger partial charge in [-0.3, -0.25) is 4.79 Å². The molecule has 0 spiro atoms. The second-order valence-corrected chi connectivity index (χ2v) is 6.15. The van der Waals surface area contributed by atoms with Crippen LogP contribution in [0.25, 0.3) is 0 Å². The van der Waals surface area contributed by atoms with Crippen molar-refractivity contribution in [3.8, 4) is 0 Å². The summed E-state index contributed by atoms with van der Waals surface area (Å²) in [6, 6.07) is 11.7. The third-order valence-corrected chi connectivity index (χ3v) is 4.30. The highest BCUT2D eigenvalue weighted by Gasteiger charge is 2.23. The summed E-state index contributed by atoms with van der Waals surface area (Å²) in [5.74, 6) is 1.28. The highest BCUT2D eigenvalue weighted by atomic mass is 16.2. The SMILES string of the molecule is CC1CCCN(C(=O)c2cc(N(C)c3ccccc3)ncn2)C1. The van der Waals surface area contributed by atoms with Crippen molar-refractivity contribution < 1.29 is 4.79 Å². The summed E-state index contributed by atoms with van der Waals surface area (Å²) in [5, 5.41) is 0. The summed E-state index contributed by atoms with van der Waals surface area (Å²) in [6.07, 6.45) is 3.72. The summed E-state index contributed by atoms with van der Waals surface area (Å²) in [7, 11) is 1.94. The van der Waals surface area contributed by atoms with Gasteiger partial charge in [0.05, 0.1) is 0 Å². The number of carbonyl (C=O) groups excluding carboxylic acids is 1. The molecule has 1 atom stereocenters. The van der Waals surface area contributed by atoms with E-state index in [1.165, 1.54) is 12.7 Å². The number of para-hydroxylation sites is 1. The summed E-state index contributed by atoms with van der Waals surface area (Å²) >= 11 is 0. The van der Waals surface area contributed by atoms with E-state index in [9.17, 15) is 4.79 Å². The molecule has 5 heteroatoms. The molecule has 1 amide bonds. The largest absolute Gasteiger partial charge is 0.337 e. The number of likely N-dealkylation sites (tertiary alicyclic amines) is 1. The minimum absolute atomic E-state index is 0.00154. The fraction of sp³-hybridized carbons (Fsp3) is 0.389. The molecule has 120 valence electrons. The van der Waals surface area contributed by atoms with Crippen LogP contribution in [0.15, 0.2) is 42.7 Å². The zero-order chi connectivity index (χ0) is 16.2. The number of nitrogens with zero attached hydrogens (tertiary/aromatic N) is 4. The lowest BCUT2D eigenvalue weighted by Crippen LogP contribution is -2.39. The highest BCUT2D eigenvalue weighted by molar-refractivity contribution is 5.93. The van der Waals surface area contributed by atoms with Crippen LogP contribution in [0, 0.1) is 5.92 Å². The molecule has 3 rings (SSSR count). The van der Waals surface area contributed by atoms with Crippen LogP contribution in [0.4, 0.5) is 11.5 Å². The van der Waals surface area contributed by atoms with Crippen molar-refractivity contribution in [1.29, 1.82) is 0 Å². The number of hydrogen-bond acceptors (Lipinski definition) is 4. The van der Waals surface area contributed by atoms with Crippen molar-refractivity contribution in [2.75, 3.05) is 25.0 Å². The van der Waals surface area contributed by atoms with Crippen molar-refractivity contribution >= 4 is 17.4 Å². The Morgan fingerprint density at radius 3 is 2.78 bits per heavy atom. The Bertz CT molecular complexity index is 674. The minimum Gasteiger partial charge on any atom is -0.337 e. The average molecular weight is 310 g/mol. The van der Waals surface area contributed by atoms with Gasteiger partial charge < -0.3 is 9.80 Å². The van der Waals surface area contributed by atoms with E-state index in [1.807, 2.05) is 47.2 Å². The van der Waals surface area contributed by atoms with Crippen LogP contribution in [0.5, 0.6) is 0 Å². The van der Waals surface area contributed by atoms with Gasteiger partial charge in [-0.2, -0.15) is 0 Å². The standard InChI is InChI=1S/C18H22N4O/c1-14-7-6-10-22(12-14)18(23)16-11-17(20-13-19-16)21(2)15-8-4-3-5-9-15/h3-5,8-9,11,13-14H,6-7,10,12H2,1-2H3. The van der Waals surface area contributed by atoms with Crippen LogP contribution in [0.3, 0.4) is 0 Å². The number of carbonyl (C=O) groups is 1. The molecule has 1 unspecified atom stereocenters. The van der Waals surface area contributed by atoms with E-state index in [4.69, 9.17) is 0 Å². The third-order valence-electron chi connectivity index (χ3n) is 4.30. The summed E-state index contributed by atoms with van der Waals surface area (Å²) in [4.78, 5) is 25.0. The van der Waals surface area contributed by atoms with E-state index in [-0.39, 0.29) is 5.91 Å². The normalized spacial score (nSPS) is 17.8. The lowest BCUT2D eigenvalue weighted by atomic mass is 10.00. The molecule has 1 saturated heterocycles. The molecule has 2 aromatic rings. The Labute approximate surface area is 137 Å². The van der Waals surface area contributed by atoms with Crippen molar-refractivity contribution in [1.82, 2.24) is 14.9 Å². The zero-order valence-corrected chi connectivity index (χ0v) is 13.6. The van der Waals surface area contributed by atoms with Crippen LogP contribution in [-0.2, 0) is 0 Å². The van der Waals surface area contributed by atoms with Crippen LogP contribution in [0.2, 0.25) is 0 Å². The van der Waals surface area contributed by atoms with E-state index in [2.05, 4.69) is 16.9 Å². The number of piperidine rings is 1. The Kier molecular flexibility index (Phi) is 4.55. The fourth-order valence-electron chi connectivity index (χ4n) is 2.97. The first-order chi connectivity index (χ1) is 11.1. The highest BCUT2D eigenvalue weighted by Crippen LogP contribution is 2.22. The molecule has 0 bridgehead atoms. The van der Waals surface area contributed by atoms with Crippen LogP contribution in [0.1, 0.15) is 30.3 Å². The molecule has 0 saturated carbocycles. The molecule has 23 heavy (non-hydrogen) atoms. The summed E-state index contributed by atoms with van der Waals surface area (Å²) in [6.45, 7) is 3.82. The van der Waals surface area contributed by atoms with E-state index in [0.717, 1.165) is 31.0 Å². The van der Waals surface area contributed by atoms with Crippen LogP contribution >= 0.6 is 0 Å². The molecule has 1 aliphatic heterocycles. The van der Waals surface area contributed by atoms with Gasteiger partial charge in [0.25, 0.3) is 5.91 Å². The van der Waals surface area contributed by atoms with Gasteiger partial charge in [0, 0.05) is 31.9 Å². The molecule has 2 heterocycles. The predicted octanol–water partition coefficient (Wildman–Crippen LogP) is 3.12. The molecule has 0 aliphatic carbocycles. The molecular formula is C18H22N4O. The Morgan fingerprint density at radius 2 is 2.04 bits per heavy atom. The maximum atomic E-state index is 12.7. The maximum Gasteiger partial charge on any atom is 0.272 e. The lowest BCUT2D eigenvalue weighted by molar-refractivity contribution is 0.0677. The lowest BCUT2D eigenvalue weighted by Gasteiger charge is -2.30. The summed E-state index contributed by atoms with van der Waals surface area (Å²) in [5.41, 5.74) is 1.49. The fourth-order valence-corrected chi connectivity index (χ4v) is 2.97. The van der Waals surface area contributed by atoms with Crippen molar-refractivity contribution in [2.24, 2.45) is 5.92 Å². The third kappa shape index (κ3) is 3.50. The van der Waals surface area contributed by atoms with E-state index in [1.54, 1.807) is 6.07 Å². The van der Waals surface area contributed by atoms with Gasteiger partial charge in [-0.25, -0.2) is 9.97 Å². The molecule has 0 radical (unpaired) electrons. The Morgan fingerprint density at radius 1 is 1.26 bits per heavy atom. The molecule has 5 nitrogen and oxygen atoms in total. The molecule has 0 N–H and O–H groups in total. The van der Waals surface area contributed by atoms with Gasteiger partial charge in [0.15, 0.2) is 0 Å². The zero-order valence-electron chi connectivity index (χ0n) is 13.6. The van der Waals surface area contributed by atoms with Gasteiger partial charge in [-0.1, -0.05) is 25.1 Å². The second kappa shape index (κ2) is 6.77. The Balaban J connectivity index is 1.81. The number of hydrogen-bond donors (Lipinski definition) is 0. The smallest absolute Gasteiger partial charge is 0.272 e. The topological polar surface area (TPSA) is 49.3 Å². The first-order valence-electron chi connectivity index (χ1n) is 8.05. The van der Waals surface area contributed by atoms with Crippen molar-refractivity contribution in [3.05, 3.63) is 48.4 Å². The van der Waals surface area contributed by atoms with Gasteiger partial charge in [0.2, 0.25) is 0 Å². The van der Waals surface area contributed by atoms with Gasteiger partial charge in [-0.15, -0.1) is 0 Å². The monoisotopic (exact) mass is 310 g/mol. The molecule has 1 aromatic carbocycles. The molecule has 1 fully saturated rings. The molecule has 1 aromatic heterocycles. The summed E-state index contributed by atoms with van der Waals surface area (Å²) < 4.78 is 0. The van der Waals surface area contributed by atoms with Crippen LogP contribution < -0.4 is 4.90 Å². The second-order valence-electron chi connectivity index (χ2n) is 6.15. The minimum atomic E-state index is 0.00154. The number of amides is 1. The van der Waals surface area contributed by atoms with E-state index in [0.29, 0.717) is 11.6 Å². The van der Waals surface area contributed by atoms with Crippen LogP contribution in [-0.4, -0.2) is 40.9 Å². The first kappa shape index (κ1) is 15.5. The average Bonchev–Trinajstić information content (AvgIpc) is 2.61. The quantitative estimate of drug-likeness (QED) is 0.874. The number of anilines is 2. The van der Waals surface area contributed by atoms with Gasteiger partial charge >= 0.3 is 0 Å². The van der Waals surface area contributed by atoms with E-state index >= 15 is 0 Å². The predicted molar refractivity (Wildman–Crippen MR) is 90.8 cm³/mol. The molecular weight excluding hydrogens is 288 g/mol. The Hall–Kier alpha value is -2.43.